The highest BCUT2D eigenvalue weighted by molar-refractivity contribution is 5.96. The van der Waals surface area contributed by atoms with Crippen LogP contribution in [0, 0.1) is 72.4 Å². The Bertz CT molecular complexity index is 2700. The average molecular weight is 1040 g/mol. The lowest BCUT2D eigenvalue weighted by atomic mass is 9.40. The van der Waals surface area contributed by atoms with Crippen LogP contribution in [0.1, 0.15) is 172 Å². The molecule has 4 unspecified atom stereocenters. The minimum atomic E-state index is -2.13. The summed E-state index contributed by atoms with van der Waals surface area (Å²) in [5.74, 6) is -2.70. The molecule has 4 N–H and O–H groups in total. The molecule has 4 aliphatic rings. The first kappa shape index (κ1) is 61.6. The van der Waals surface area contributed by atoms with Crippen LogP contribution in [0.3, 0.4) is 0 Å². The first-order chi connectivity index (χ1) is 34.0. The Hall–Kier alpha value is -5.23. The zero-order valence-electron chi connectivity index (χ0n) is 51.9. The summed E-state index contributed by atoms with van der Waals surface area (Å²) in [6.45, 7) is 70.6. The molecule has 416 valence electrons. The monoisotopic (exact) mass is 1040 g/mol. The van der Waals surface area contributed by atoms with Crippen LogP contribution in [0.15, 0.2) is 171 Å². The summed E-state index contributed by atoms with van der Waals surface area (Å²) < 4.78 is 6.66. The lowest BCUT2D eigenvalue weighted by Gasteiger charge is -2.60. The highest BCUT2D eigenvalue weighted by Gasteiger charge is 2.70. The molecular formula is C70H100O6. The smallest absolute Gasteiger partial charge is 0.322 e. The molecule has 0 amide bonds. The van der Waals surface area contributed by atoms with E-state index in [4.69, 9.17) is 31.1 Å². The van der Waals surface area contributed by atoms with Crippen LogP contribution < -0.4 is 0 Å². The summed E-state index contributed by atoms with van der Waals surface area (Å²) >= 11 is 0. The van der Waals surface area contributed by atoms with Gasteiger partial charge in [0.2, 0.25) is 0 Å². The standard InChI is InChI=1S/C70H100O6/c1-39-44(35-48(61(5,6)7)56(71)52(39)65(17,18)19)69(43-33-31-30-32-34-43,45-36-49(62(8,9)10)57(72)53(40(45)2)66(20,21)22)70(60(75)76-29,46-37-50(63(11,12)13)58(73)54(41(46)3)67(23,24)25)47-38-51(64(14,15)16)59(74)55(42(47)4)68(26,27)28/h30-38,52-55,71-74H,1-4H2,5-29H3. The molecule has 1 aromatic rings. The zero-order valence-corrected chi connectivity index (χ0v) is 51.9. The fourth-order valence-electron chi connectivity index (χ4n) is 13.5. The van der Waals surface area contributed by atoms with Gasteiger partial charge in [0.05, 0.1) is 12.5 Å². The third kappa shape index (κ3) is 9.99. The number of hydrogen-bond acceptors (Lipinski definition) is 6. The van der Waals surface area contributed by atoms with Gasteiger partial charge in [0.25, 0.3) is 0 Å². The minimum absolute atomic E-state index is 0.170. The summed E-state index contributed by atoms with van der Waals surface area (Å²) in [5, 5.41) is 51.9. The van der Waals surface area contributed by atoms with E-state index in [-0.39, 0.29) is 23.0 Å². The lowest BCUT2D eigenvalue weighted by Crippen LogP contribution is -2.60. The van der Waals surface area contributed by atoms with Crippen molar-refractivity contribution in [3.8, 4) is 0 Å². The maximum absolute atomic E-state index is 17.7. The van der Waals surface area contributed by atoms with E-state index >= 15 is 4.79 Å². The normalized spacial score (nSPS) is 24.0. The van der Waals surface area contributed by atoms with Crippen molar-refractivity contribution in [3.63, 3.8) is 0 Å². The van der Waals surface area contributed by atoms with Gasteiger partial charge < -0.3 is 25.2 Å². The second-order valence-electron chi connectivity index (χ2n) is 31.1. The Labute approximate surface area is 461 Å². The third-order valence-electron chi connectivity index (χ3n) is 16.7. The number of carbonyl (C=O) groups excluding carboxylic acids is 1. The number of methoxy groups -OCH3 is 1. The molecule has 0 aromatic heterocycles. The van der Waals surface area contributed by atoms with Crippen molar-refractivity contribution in [2.75, 3.05) is 7.11 Å². The lowest BCUT2D eigenvalue weighted by molar-refractivity contribution is -0.150. The third-order valence-corrected chi connectivity index (χ3v) is 16.7. The van der Waals surface area contributed by atoms with E-state index in [1.807, 2.05) is 30.4 Å². The molecule has 76 heavy (non-hydrogen) atoms. The van der Waals surface area contributed by atoms with Crippen LogP contribution in [0.4, 0.5) is 0 Å². The van der Waals surface area contributed by atoms with Crippen molar-refractivity contribution in [1.82, 2.24) is 0 Å². The summed E-state index contributed by atoms with van der Waals surface area (Å²) in [7, 11) is 1.44. The van der Waals surface area contributed by atoms with Crippen molar-refractivity contribution in [2.24, 2.45) is 72.4 Å². The number of carbonyl (C=O) groups is 1. The van der Waals surface area contributed by atoms with Gasteiger partial charge in [-0.05, 0) is 116 Å². The number of allylic oxidation sites excluding steroid dienone is 14. The Morgan fingerprint density at radius 3 is 0.829 bits per heavy atom. The maximum Gasteiger partial charge on any atom is 0.322 e. The number of esters is 1. The summed E-state index contributed by atoms with van der Waals surface area (Å²) in [6.07, 6.45) is 8.16. The van der Waals surface area contributed by atoms with E-state index in [0.717, 1.165) is 0 Å². The van der Waals surface area contributed by atoms with E-state index in [1.54, 1.807) is 0 Å². The number of ether oxygens (including phenoxy) is 1. The van der Waals surface area contributed by atoms with Crippen LogP contribution in [-0.2, 0) is 14.9 Å². The topological polar surface area (TPSA) is 107 Å². The molecule has 0 fully saturated rings. The van der Waals surface area contributed by atoms with E-state index in [1.165, 1.54) is 7.11 Å². The highest BCUT2D eigenvalue weighted by Crippen LogP contribution is 2.72. The van der Waals surface area contributed by atoms with Gasteiger partial charge in [-0.3, -0.25) is 4.79 Å². The Kier molecular flexibility index (Phi) is 15.6. The molecular weight excluding hydrogens is 937 g/mol. The van der Waals surface area contributed by atoms with Gasteiger partial charge in [-0.25, -0.2) is 0 Å². The van der Waals surface area contributed by atoms with Crippen molar-refractivity contribution in [3.05, 3.63) is 176 Å². The van der Waals surface area contributed by atoms with Gasteiger partial charge in [-0.15, -0.1) is 0 Å². The first-order valence-electron chi connectivity index (χ1n) is 27.6. The minimum Gasteiger partial charge on any atom is -0.511 e. The molecule has 6 heteroatoms. The van der Waals surface area contributed by atoms with Gasteiger partial charge in [0, 0.05) is 23.7 Å². The molecule has 0 saturated heterocycles. The molecule has 6 nitrogen and oxygen atoms in total. The predicted octanol–water partition coefficient (Wildman–Crippen LogP) is 19.2. The SMILES string of the molecule is C=C1C(C(C(=O)OC)(C2=CC(C(C)(C)C)=C(O)C(C(C)(C)C)C2=C)C(C2=CC(C(C)(C)C)=C(O)C(C(C)(C)C)C2=C)(C2=CC(C(C)(C)C)=C(O)C(C(C)(C)C)C2=C)c2ccccc2)=CC(C(C)(C)C)=C(O)C1C(C)(C)C. The quantitative estimate of drug-likeness (QED) is 0.203. The first-order valence-corrected chi connectivity index (χ1v) is 27.6. The second-order valence-corrected chi connectivity index (χ2v) is 31.1. The molecule has 5 rings (SSSR count). The van der Waals surface area contributed by atoms with Crippen molar-refractivity contribution in [2.45, 2.75) is 172 Å². The Morgan fingerprint density at radius 2 is 0.618 bits per heavy atom. The maximum atomic E-state index is 17.7. The molecule has 0 bridgehead atoms. The van der Waals surface area contributed by atoms with Gasteiger partial charge in [0.1, 0.15) is 28.5 Å². The summed E-state index contributed by atoms with van der Waals surface area (Å²) in [6, 6.07) is 10.1. The summed E-state index contributed by atoms with van der Waals surface area (Å²) in [4.78, 5) is 17.7. The second kappa shape index (κ2) is 19.3. The van der Waals surface area contributed by atoms with Gasteiger partial charge in [-0.2, -0.15) is 0 Å². The Balaban J connectivity index is 2.53. The molecule has 0 spiro atoms. The van der Waals surface area contributed by atoms with Gasteiger partial charge in [0.15, 0.2) is 0 Å². The number of aliphatic hydroxyl groups excluding tert-OH is 4. The van der Waals surface area contributed by atoms with E-state index in [9.17, 15) is 20.4 Å². The van der Waals surface area contributed by atoms with Crippen molar-refractivity contribution in [1.29, 1.82) is 0 Å². The largest absolute Gasteiger partial charge is 0.511 e. The molecule has 0 radical (unpaired) electrons. The molecule has 0 saturated carbocycles. The van der Waals surface area contributed by atoms with Crippen LogP contribution in [0.2, 0.25) is 0 Å². The fraction of sp³-hybridized carbons (Fsp3) is 0.557. The van der Waals surface area contributed by atoms with E-state index < -0.39 is 83.8 Å². The number of hydrogen-bond donors (Lipinski definition) is 4. The predicted molar refractivity (Wildman–Crippen MR) is 320 cm³/mol. The van der Waals surface area contributed by atoms with Gasteiger partial charge >= 0.3 is 5.97 Å². The molecule has 0 heterocycles. The average Bonchev–Trinajstić information content (AvgIpc) is 3.20. The van der Waals surface area contributed by atoms with Crippen molar-refractivity contribution >= 4 is 5.97 Å². The zero-order chi connectivity index (χ0) is 58.8. The van der Waals surface area contributed by atoms with Gasteiger partial charge in [-0.1, -0.05) is 247 Å². The fourth-order valence-corrected chi connectivity index (χ4v) is 13.5. The van der Waals surface area contributed by atoms with E-state index in [2.05, 4.69) is 190 Å². The van der Waals surface area contributed by atoms with Crippen LogP contribution in [0.5, 0.6) is 0 Å². The Morgan fingerprint density at radius 1 is 0.395 bits per heavy atom. The van der Waals surface area contributed by atoms with Crippen LogP contribution in [-0.4, -0.2) is 33.5 Å². The summed E-state index contributed by atoms with van der Waals surface area (Å²) in [5.41, 5.74) is -1.51. The molecule has 1 aromatic carbocycles. The molecule has 0 aliphatic heterocycles. The molecule has 4 atom stereocenters. The number of benzene rings is 1. The number of aliphatic hydroxyl groups is 4. The van der Waals surface area contributed by atoms with E-state index in [0.29, 0.717) is 72.4 Å². The highest BCUT2D eigenvalue weighted by atomic mass is 16.5. The van der Waals surface area contributed by atoms with Crippen LogP contribution in [0.25, 0.3) is 0 Å². The van der Waals surface area contributed by atoms with Crippen molar-refractivity contribution < 1.29 is 30.0 Å². The molecule has 4 aliphatic carbocycles. The van der Waals surface area contributed by atoms with Crippen LogP contribution >= 0.6 is 0 Å². The number of rotatable bonds is 7.